The quantitative estimate of drug-likeness (QED) is 0.935. The van der Waals surface area contributed by atoms with Crippen molar-refractivity contribution in [2.75, 3.05) is 7.11 Å². The molecule has 1 heterocycles. The van der Waals surface area contributed by atoms with Gasteiger partial charge in [-0.1, -0.05) is 0 Å². The zero-order chi connectivity index (χ0) is 11.7. The lowest BCUT2D eigenvalue weighted by atomic mass is 10.2. The summed E-state index contributed by atoms with van der Waals surface area (Å²) in [6, 6.07) is 3.56. The predicted molar refractivity (Wildman–Crippen MR) is 61.6 cm³/mol. The van der Waals surface area contributed by atoms with Gasteiger partial charge in [0.15, 0.2) is 0 Å². The van der Waals surface area contributed by atoms with Gasteiger partial charge in [0.25, 0.3) is 0 Å². The van der Waals surface area contributed by atoms with Gasteiger partial charge >= 0.3 is 5.97 Å². The number of hydrogen-bond donors (Lipinski definition) is 1. The second kappa shape index (κ2) is 4.13. The number of fused-ring (bicyclic) bond motifs is 1. The zero-order valence-corrected chi connectivity index (χ0v) is 10.1. The first-order valence-corrected chi connectivity index (χ1v) is 5.32. The van der Waals surface area contributed by atoms with E-state index in [1.54, 1.807) is 25.4 Å². The van der Waals surface area contributed by atoms with E-state index in [-0.39, 0.29) is 6.54 Å². The molecular weight excluding hydrogens is 276 g/mol. The van der Waals surface area contributed by atoms with Crippen LogP contribution in [0.5, 0.6) is 5.75 Å². The van der Waals surface area contributed by atoms with Gasteiger partial charge in [-0.25, -0.2) is 0 Å². The van der Waals surface area contributed by atoms with E-state index in [1.165, 1.54) is 4.68 Å². The monoisotopic (exact) mass is 284 g/mol. The van der Waals surface area contributed by atoms with E-state index in [9.17, 15) is 4.79 Å². The topological polar surface area (TPSA) is 64.4 Å². The van der Waals surface area contributed by atoms with Crippen LogP contribution in [-0.4, -0.2) is 28.0 Å². The summed E-state index contributed by atoms with van der Waals surface area (Å²) in [7, 11) is 1.58. The number of nitrogens with zero attached hydrogens (tertiary/aromatic N) is 2. The summed E-state index contributed by atoms with van der Waals surface area (Å²) < 4.78 is 7.36. The SMILES string of the molecule is COc1ccc2c(cnn2CC(=O)O)c1Br. The normalized spacial score (nSPS) is 10.6. The Bertz CT molecular complexity index is 550. The fourth-order valence-electron chi connectivity index (χ4n) is 1.51. The lowest BCUT2D eigenvalue weighted by Gasteiger charge is -2.04. The summed E-state index contributed by atoms with van der Waals surface area (Å²) >= 11 is 3.40. The molecule has 5 nitrogen and oxygen atoms in total. The van der Waals surface area contributed by atoms with E-state index in [4.69, 9.17) is 9.84 Å². The van der Waals surface area contributed by atoms with Crippen molar-refractivity contribution >= 4 is 32.8 Å². The summed E-state index contributed by atoms with van der Waals surface area (Å²) in [6.45, 7) is -0.151. The standard InChI is InChI=1S/C10H9BrN2O3/c1-16-8-3-2-7-6(10(8)11)4-12-13(7)5-9(14)15/h2-4H,5H2,1H3,(H,14,15). The van der Waals surface area contributed by atoms with Crippen LogP contribution in [0, 0.1) is 0 Å². The highest BCUT2D eigenvalue weighted by atomic mass is 79.9. The molecule has 0 aliphatic rings. The number of rotatable bonds is 3. The van der Waals surface area contributed by atoms with Crippen LogP contribution in [0.3, 0.4) is 0 Å². The van der Waals surface area contributed by atoms with E-state index in [1.807, 2.05) is 0 Å². The number of hydrogen-bond acceptors (Lipinski definition) is 3. The van der Waals surface area contributed by atoms with Gasteiger partial charge in [-0.2, -0.15) is 5.10 Å². The van der Waals surface area contributed by atoms with Crippen LogP contribution in [0.4, 0.5) is 0 Å². The van der Waals surface area contributed by atoms with Gasteiger partial charge in [0.05, 0.1) is 23.3 Å². The molecule has 1 N–H and O–H groups in total. The molecular formula is C10H9BrN2O3. The van der Waals surface area contributed by atoms with E-state index in [2.05, 4.69) is 21.0 Å². The minimum atomic E-state index is -0.919. The summed E-state index contributed by atoms with van der Waals surface area (Å²) in [4.78, 5) is 10.6. The number of aromatic nitrogens is 2. The summed E-state index contributed by atoms with van der Waals surface area (Å²) in [5, 5.41) is 13.6. The second-order valence-corrected chi connectivity index (χ2v) is 4.00. The number of carbonyl (C=O) groups is 1. The van der Waals surface area contributed by atoms with Crippen molar-refractivity contribution in [3.05, 3.63) is 22.8 Å². The molecule has 0 atom stereocenters. The number of carboxylic acids is 1. The maximum absolute atomic E-state index is 10.6. The third-order valence-electron chi connectivity index (χ3n) is 2.23. The Labute approximate surface area is 99.8 Å². The zero-order valence-electron chi connectivity index (χ0n) is 8.48. The second-order valence-electron chi connectivity index (χ2n) is 3.21. The minimum Gasteiger partial charge on any atom is -0.496 e. The van der Waals surface area contributed by atoms with Crippen LogP contribution < -0.4 is 4.74 Å². The first kappa shape index (κ1) is 10.9. The molecule has 16 heavy (non-hydrogen) atoms. The number of ether oxygens (including phenoxy) is 1. The van der Waals surface area contributed by atoms with Crippen LogP contribution in [0.25, 0.3) is 10.9 Å². The highest BCUT2D eigenvalue weighted by Gasteiger charge is 2.11. The van der Waals surface area contributed by atoms with Crippen molar-refractivity contribution in [3.8, 4) is 5.75 Å². The molecule has 0 amide bonds. The number of aliphatic carboxylic acids is 1. The average Bonchev–Trinajstić information content (AvgIpc) is 2.62. The van der Waals surface area contributed by atoms with Crippen LogP contribution in [0.1, 0.15) is 0 Å². The molecule has 0 bridgehead atoms. The summed E-state index contributed by atoms with van der Waals surface area (Å²) in [5.74, 6) is -0.223. The van der Waals surface area contributed by atoms with Crippen molar-refractivity contribution in [1.29, 1.82) is 0 Å². The molecule has 2 aromatic rings. The Balaban J connectivity index is 2.58. The predicted octanol–water partition coefficient (Wildman–Crippen LogP) is 1.89. The van der Waals surface area contributed by atoms with Crippen molar-refractivity contribution < 1.29 is 14.6 Å². The number of methoxy groups -OCH3 is 1. The number of carboxylic acid groups (broad SMARTS) is 1. The molecule has 0 saturated heterocycles. The van der Waals surface area contributed by atoms with Gasteiger partial charge in [0.2, 0.25) is 0 Å². The van der Waals surface area contributed by atoms with Gasteiger partial charge in [-0.3, -0.25) is 9.48 Å². The Morgan fingerprint density at radius 2 is 2.38 bits per heavy atom. The van der Waals surface area contributed by atoms with Gasteiger partial charge in [-0.05, 0) is 28.1 Å². The molecule has 0 saturated carbocycles. The molecule has 1 aromatic heterocycles. The highest BCUT2D eigenvalue weighted by Crippen LogP contribution is 2.32. The van der Waals surface area contributed by atoms with E-state index < -0.39 is 5.97 Å². The average molecular weight is 285 g/mol. The third kappa shape index (κ3) is 1.76. The molecule has 2 rings (SSSR count). The van der Waals surface area contributed by atoms with Crippen molar-refractivity contribution in [2.45, 2.75) is 6.54 Å². The van der Waals surface area contributed by atoms with Crippen LogP contribution in [-0.2, 0) is 11.3 Å². The number of halogens is 1. The van der Waals surface area contributed by atoms with Crippen LogP contribution >= 0.6 is 15.9 Å². The Kier molecular flexibility index (Phi) is 2.82. The van der Waals surface area contributed by atoms with Crippen molar-refractivity contribution in [2.24, 2.45) is 0 Å². The van der Waals surface area contributed by atoms with Gasteiger partial charge < -0.3 is 9.84 Å². The molecule has 0 radical (unpaired) electrons. The first-order chi connectivity index (χ1) is 7.63. The van der Waals surface area contributed by atoms with Crippen molar-refractivity contribution in [3.63, 3.8) is 0 Å². The van der Waals surface area contributed by atoms with Gasteiger partial charge in [0.1, 0.15) is 12.3 Å². The van der Waals surface area contributed by atoms with Crippen molar-refractivity contribution in [1.82, 2.24) is 9.78 Å². The molecule has 0 unspecified atom stereocenters. The Morgan fingerprint density at radius 3 is 3.00 bits per heavy atom. The summed E-state index contributed by atoms with van der Waals surface area (Å²) in [5.41, 5.74) is 0.759. The maximum Gasteiger partial charge on any atom is 0.325 e. The van der Waals surface area contributed by atoms with Crippen LogP contribution in [0.15, 0.2) is 22.8 Å². The largest absolute Gasteiger partial charge is 0.496 e. The molecule has 1 aromatic carbocycles. The van der Waals surface area contributed by atoms with Crippen LogP contribution in [0.2, 0.25) is 0 Å². The number of benzene rings is 1. The molecule has 0 aliphatic heterocycles. The minimum absolute atomic E-state index is 0.151. The van der Waals surface area contributed by atoms with E-state index in [0.29, 0.717) is 5.75 Å². The van der Waals surface area contributed by atoms with E-state index in [0.717, 1.165) is 15.4 Å². The molecule has 0 aliphatic carbocycles. The molecule has 6 heteroatoms. The lowest BCUT2D eigenvalue weighted by molar-refractivity contribution is -0.137. The smallest absolute Gasteiger partial charge is 0.325 e. The fraction of sp³-hybridized carbons (Fsp3) is 0.200. The maximum atomic E-state index is 10.6. The van der Waals surface area contributed by atoms with E-state index >= 15 is 0 Å². The fourth-order valence-corrected chi connectivity index (χ4v) is 2.11. The lowest BCUT2D eigenvalue weighted by Crippen LogP contribution is -2.09. The summed E-state index contributed by atoms with van der Waals surface area (Å²) in [6.07, 6.45) is 1.62. The Morgan fingerprint density at radius 1 is 1.62 bits per heavy atom. The molecule has 84 valence electrons. The first-order valence-electron chi connectivity index (χ1n) is 4.53. The Hall–Kier alpha value is -1.56. The van der Waals surface area contributed by atoms with Gasteiger partial charge in [-0.15, -0.1) is 0 Å². The highest BCUT2D eigenvalue weighted by molar-refractivity contribution is 9.10. The molecule has 0 fully saturated rings. The molecule has 0 spiro atoms. The third-order valence-corrected chi connectivity index (χ3v) is 3.05. The van der Waals surface area contributed by atoms with Gasteiger partial charge in [0, 0.05) is 5.39 Å².